The van der Waals surface area contributed by atoms with E-state index in [4.69, 9.17) is 5.11 Å². The molecule has 8 heteroatoms. The average Bonchev–Trinajstić information content (AvgIpc) is 3.05. The number of aliphatic carboxylic acids is 1. The summed E-state index contributed by atoms with van der Waals surface area (Å²) in [4.78, 5) is 30.2. The van der Waals surface area contributed by atoms with Gasteiger partial charge in [0.05, 0.1) is 19.0 Å². The Kier molecular flexibility index (Phi) is 5.15. The molecule has 1 amide bonds. The van der Waals surface area contributed by atoms with Crippen LogP contribution < -0.4 is 0 Å². The van der Waals surface area contributed by atoms with E-state index in [9.17, 15) is 18.4 Å². The van der Waals surface area contributed by atoms with Gasteiger partial charge in [0.1, 0.15) is 17.3 Å². The molecule has 1 aromatic carbocycles. The molecule has 0 bridgehead atoms. The molecule has 0 atom stereocenters. The predicted octanol–water partition coefficient (Wildman–Crippen LogP) is 3.75. The van der Waals surface area contributed by atoms with E-state index in [1.807, 2.05) is 16.7 Å². The number of benzene rings is 1. The molecule has 166 valence electrons. The number of carboxylic acids is 1. The van der Waals surface area contributed by atoms with E-state index in [0.717, 1.165) is 28.4 Å². The van der Waals surface area contributed by atoms with Crippen LogP contribution in [0, 0.1) is 23.5 Å². The van der Waals surface area contributed by atoms with E-state index in [1.54, 1.807) is 11.1 Å². The van der Waals surface area contributed by atoms with Gasteiger partial charge in [0.2, 0.25) is 5.91 Å². The van der Waals surface area contributed by atoms with Gasteiger partial charge in [-0.3, -0.25) is 9.59 Å². The molecule has 32 heavy (non-hydrogen) atoms. The van der Waals surface area contributed by atoms with Crippen LogP contribution in [0.4, 0.5) is 8.78 Å². The molecule has 1 aliphatic carbocycles. The number of carbonyl (C=O) groups is 2. The minimum atomic E-state index is -0.790. The Morgan fingerprint density at radius 2 is 2.00 bits per heavy atom. The summed E-state index contributed by atoms with van der Waals surface area (Å²) in [6.45, 7) is 1.17. The third kappa shape index (κ3) is 3.63. The molecule has 0 unspecified atom stereocenters. The summed E-state index contributed by atoms with van der Waals surface area (Å²) in [5.41, 5.74) is 3.10. The van der Waals surface area contributed by atoms with Crippen molar-refractivity contribution in [2.24, 2.45) is 11.8 Å². The van der Waals surface area contributed by atoms with Gasteiger partial charge in [-0.25, -0.2) is 13.8 Å². The number of fused-ring (bicyclic) bond motifs is 3. The quantitative estimate of drug-likeness (QED) is 0.657. The molecule has 1 saturated carbocycles. The predicted molar refractivity (Wildman–Crippen MR) is 113 cm³/mol. The van der Waals surface area contributed by atoms with Crippen molar-refractivity contribution in [3.05, 3.63) is 65.0 Å². The van der Waals surface area contributed by atoms with Crippen LogP contribution in [0.2, 0.25) is 0 Å². The molecule has 1 fully saturated rings. The molecule has 0 spiro atoms. The molecule has 5 rings (SSSR count). The molecule has 0 saturated heterocycles. The number of amides is 1. The highest BCUT2D eigenvalue weighted by Gasteiger charge is 2.37. The number of halogens is 2. The first-order valence-electron chi connectivity index (χ1n) is 10.8. The number of rotatable bonds is 5. The summed E-state index contributed by atoms with van der Waals surface area (Å²) in [7, 11) is 0. The molecule has 1 N–H and O–H groups in total. The summed E-state index contributed by atoms with van der Waals surface area (Å²) < 4.78 is 29.7. The van der Waals surface area contributed by atoms with Crippen LogP contribution in [0.15, 0.2) is 36.5 Å². The van der Waals surface area contributed by atoms with Crippen LogP contribution in [0.25, 0.3) is 11.0 Å². The van der Waals surface area contributed by atoms with Gasteiger partial charge in [0, 0.05) is 41.9 Å². The van der Waals surface area contributed by atoms with Crippen molar-refractivity contribution in [3.8, 4) is 0 Å². The molecule has 3 heterocycles. The van der Waals surface area contributed by atoms with Crippen LogP contribution in [0.3, 0.4) is 0 Å². The van der Waals surface area contributed by atoms with E-state index in [-0.39, 0.29) is 24.3 Å². The van der Waals surface area contributed by atoms with Crippen LogP contribution in [-0.4, -0.2) is 38.0 Å². The first kappa shape index (κ1) is 20.6. The fourth-order valence-corrected chi connectivity index (χ4v) is 4.94. The summed E-state index contributed by atoms with van der Waals surface area (Å²) in [6, 6.07) is 7.39. The standard InChI is InChI=1S/C24H23F2N3O3/c25-17-4-3-15(20(26)11-17)12-29-21-13-28(22(30)10-14-8-16(9-14)24(31)32)7-5-18(21)19-2-1-6-27-23(19)29/h1-4,6,11,14,16H,5,7-10,12-13H2,(H,31,32)/t14-,16-. The van der Waals surface area contributed by atoms with Gasteiger partial charge in [0.25, 0.3) is 0 Å². The van der Waals surface area contributed by atoms with Crippen molar-refractivity contribution in [1.82, 2.24) is 14.5 Å². The topological polar surface area (TPSA) is 75.4 Å². The van der Waals surface area contributed by atoms with Gasteiger partial charge in [-0.1, -0.05) is 6.07 Å². The van der Waals surface area contributed by atoms with Crippen LogP contribution in [0.5, 0.6) is 0 Å². The van der Waals surface area contributed by atoms with Gasteiger partial charge in [-0.05, 0) is 48.9 Å². The van der Waals surface area contributed by atoms with E-state index < -0.39 is 17.6 Å². The lowest BCUT2D eigenvalue weighted by atomic mass is 9.73. The average molecular weight is 439 g/mol. The number of hydrogen-bond donors (Lipinski definition) is 1. The number of hydrogen-bond acceptors (Lipinski definition) is 3. The largest absolute Gasteiger partial charge is 0.481 e. The summed E-state index contributed by atoms with van der Waals surface area (Å²) in [5, 5.41) is 10.0. The zero-order chi connectivity index (χ0) is 22.4. The second-order valence-corrected chi connectivity index (χ2v) is 8.76. The molecule has 0 radical (unpaired) electrons. The third-order valence-corrected chi connectivity index (χ3v) is 6.76. The molecule has 1 aliphatic heterocycles. The molecule has 6 nitrogen and oxygen atoms in total. The van der Waals surface area contributed by atoms with Gasteiger partial charge in [-0.2, -0.15) is 0 Å². The Morgan fingerprint density at radius 1 is 1.19 bits per heavy atom. The number of carboxylic acid groups (broad SMARTS) is 1. The lowest BCUT2D eigenvalue weighted by molar-refractivity contribution is -0.148. The Morgan fingerprint density at radius 3 is 2.75 bits per heavy atom. The van der Waals surface area contributed by atoms with Crippen molar-refractivity contribution in [1.29, 1.82) is 0 Å². The van der Waals surface area contributed by atoms with E-state index in [1.165, 1.54) is 12.1 Å². The number of pyridine rings is 1. The maximum atomic E-state index is 14.4. The van der Waals surface area contributed by atoms with Crippen molar-refractivity contribution in [2.75, 3.05) is 6.54 Å². The minimum Gasteiger partial charge on any atom is -0.481 e. The second-order valence-electron chi connectivity index (χ2n) is 8.76. The first-order valence-corrected chi connectivity index (χ1v) is 10.8. The monoisotopic (exact) mass is 439 g/mol. The SMILES string of the molecule is O=C(C[C@H]1C[C@H](C(=O)O)C1)N1CCc2c(n(Cc3ccc(F)cc3F)c3ncccc23)C1. The Balaban J connectivity index is 1.41. The second kappa shape index (κ2) is 8.00. The lowest BCUT2D eigenvalue weighted by Crippen LogP contribution is -2.40. The summed E-state index contributed by atoms with van der Waals surface area (Å²) in [6.07, 6.45) is 3.81. The van der Waals surface area contributed by atoms with Crippen molar-refractivity contribution in [3.63, 3.8) is 0 Å². The maximum Gasteiger partial charge on any atom is 0.306 e. The smallest absolute Gasteiger partial charge is 0.306 e. The number of nitrogens with zero attached hydrogens (tertiary/aromatic N) is 3. The minimum absolute atomic E-state index is 0.0159. The fraction of sp³-hybridized carbons (Fsp3) is 0.375. The molecular formula is C24H23F2N3O3. The normalized spacial score (nSPS) is 20.1. The maximum absolute atomic E-state index is 14.4. The lowest BCUT2D eigenvalue weighted by Gasteiger charge is -2.35. The van der Waals surface area contributed by atoms with Gasteiger partial charge < -0.3 is 14.6 Å². The van der Waals surface area contributed by atoms with Gasteiger partial charge in [0.15, 0.2) is 0 Å². The van der Waals surface area contributed by atoms with E-state index in [0.29, 0.717) is 44.3 Å². The fourth-order valence-electron chi connectivity index (χ4n) is 4.94. The van der Waals surface area contributed by atoms with Gasteiger partial charge in [-0.15, -0.1) is 0 Å². The van der Waals surface area contributed by atoms with Crippen LogP contribution in [-0.2, 0) is 29.1 Å². The Hall–Kier alpha value is -3.29. The van der Waals surface area contributed by atoms with Crippen LogP contribution >= 0.6 is 0 Å². The number of carbonyl (C=O) groups excluding carboxylic acids is 1. The van der Waals surface area contributed by atoms with Crippen LogP contribution in [0.1, 0.15) is 36.1 Å². The van der Waals surface area contributed by atoms with Crippen molar-refractivity contribution in [2.45, 2.75) is 38.8 Å². The molecule has 3 aromatic rings. The highest BCUT2D eigenvalue weighted by molar-refractivity contribution is 5.84. The third-order valence-electron chi connectivity index (χ3n) is 6.76. The zero-order valence-electron chi connectivity index (χ0n) is 17.4. The highest BCUT2D eigenvalue weighted by atomic mass is 19.1. The molecular weight excluding hydrogens is 416 g/mol. The van der Waals surface area contributed by atoms with Crippen molar-refractivity contribution >= 4 is 22.9 Å². The molecule has 2 aliphatic rings. The molecule has 2 aromatic heterocycles. The Bertz CT molecular complexity index is 1220. The number of aromatic nitrogens is 2. The van der Waals surface area contributed by atoms with E-state index >= 15 is 0 Å². The van der Waals surface area contributed by atoms with Crippen molar-refractivity contribution < 1.29 is 23.5 Å². The zero-order valence-corrected chi connectivity index (χ0v) is 17.4. The Labute approximate surface area is 183 Å². The highest BCUT2D eigenvalue weighted by Crippen LogP contribution is 2.37. The van der Waals surface area contributed by atoms with E-state index in [2.05, 4.69) is 4.98 Å². The summed E-state index contributed by atoms with van der Waals surface area (Å²) in [5.74, 6) is -2.23. The summed E-state index contributed by atoms with van der Waals surface area (Å²) >= 11 is 0. The van der Waals surface area contributed by atoms with Gasteiger partial charge >= 0.3 is 5.97 Å². The first-order chi connectivity index (χ1) is 15.4.